The Morgan fingerprint density at radius 3 is 1.18 bits per heavy atom. The van der Waals surface area contributed by atoms with E-state index < -0.39 is 188 Å². The van der Waals surface area contributed by atoms with Crippen LogP contribution in [-0.4, -0.2) is 24.1 Å². The Morgan fingerprint density at radius 1 is 0.368 bits per heavy atom. The van der Waals surface area contributed by atoms with Crippen LogP contribution in [0.3, 0.4) is 0 Å². The second-order valence-corrected chi connectivity index (χ2v) is 13.1. The van der Waals surface area contributed by atoms with E-state index in [2.05, 4.69) is 20.0 Å². The summed E-state index contributed by atoms with van der Waals surface area (Å²) in [6.45, 7) is 0. The van der Waals surface area contributed by atoms with Crippen LogP contribution in [0.1, 0.15) is 17.3 Å². The number of hydrogen-bond acceptors (Lipinski definition) is 4. The van der Waals surface area contributed by atoms with E-state index >= 15 is 70.2 Å². The van der Waals surface area contributed by atoms with Crippen molar-refractivity contribution in [3.8, 4) is 0 Å². The van der Waals surface area contributed by atoms with E-state index in [0.717, 1.165) is 0 Å². The highest BCUT2D eigenvalue weighted by Gasteiger charge is 2.66. The average Bonchev–Trinajstić information content (AvgIpc) is 3.92. The fourth-order valence-corrected chi connectivity index (χ4v) is 8.68. The van der Waals surface area contributed by atoms with Gasteiger partial charge in [-0.3, -0.25) is 0 Å². The highest BCUT2D eigenvalue weighted by molar-refractivity contribution is 6.04. The first-order valence-corrected chi connectivity index (χ1v) is 15.6. The number of nitrogens with zero attached hydrogens (tertiary/aromatic N) is 8. The molecule has 4 aromatic carbocycles. The molecule has 1 spiro atoms. The summed E-state index contributed by atoms with van der Waals surface area (Å²) in [5.74, 6) is -45.3. The van der Waals surface area contributed by atoms with Gasteiger partial charge in [-0.1, -0.05) is 0 Å². The van der Waals surface area contributed by atoms with Crippen LogP contribution >= 0.6 is 0 Å². The van der Waals surface area contributed by atoms with Crippen molar-refractivity contribution in [2.24, 2.45) is 20.0 Å². The van der Waals surface area contributed by atoms with E-state index in [0.29, 0.717) is 18.3 Å². The molecule has 0 radical (unpaired) electrons. The molecule has 7 aromatic rings. The van der Waals surface area contributed by atoms with Crippen molar-refractivity contribution in [2.45, 2.75) is 12.1 Å². The lowest BCUT2D eigenvalue weighted by Crippen LogP contribution is -2.72. The Bertz CT molecular complexity index is 3630. The molecule has 3 aromatic heterocycles. The van der Waals surface area contributed by atoms with Crippen molar-refractivity contribution >= 4 is 49.8 Å². The first kappa shape index (κ1) is 32.5. The van der Waals surface area contributed by atoms with Crippen LogP contribution in [-0.2, 0) is 5.91 Å². The van der Waals surface area contributed by atoms with Crippen LogP contribution in [0, 0.1) is 93.1 Å². The first-order chi connectivity index (χ1) is 27.0. The molecule has 2 unspecified atom stereocenters. The molecule has 0 N–H and O–H groups in total. The third-order valence-electron chi connectivity index (χ3n) is 10.8. The molecule has 5 aliphatic heterocycles. The Kier molecular flexibility index (Phi) is 5.28. The summed E-state index contributed by atoms with van der Waals surface area (Å²) in [5, 5.41) is -8.48. The molecule has 8 nitrogen and oxygen atoms in total. The number of amidine groups is 1. The molecule has 0 bridgehead atoms. The molecule has 5 aliphatic rings. The minimum Gasteiger partial charge on any atom is -0.227 e. The summed E-state index contributed by atoms with van der Waals surface area (Å²) >= 11 is 0. The molecular formula is C33HF16N8+. The predicted octanol–water partition coefficient (Wildman–Crippen LogP) is 5.71. The van der Waals surface area contributed by atoms with Gasteiger partial charge in [-0.15, -0.1) is 0 Å². The SMILES string of the molecule is Fc1c(F)c(F)c2c(c1F)C1=[N+]3C2N=c2c4c(F)c(F)c(F)c(F)c4c4n2C32n3c(c5c(F)c(F)c(F)c(F)c5c3N=4)N=c3c4c(F)c(F)c(F)c(F)c4c(n32)=N1. The minimum absolute atomic E-state index is 0.406. The summed E-state index contributed by atoms with van der Waals surface area (Å²) in [7, 11) is 0. The highest BCUT2D eigenvalue weighted by atomic mass is 19.2. The molecule has 12 rings (SSSR count). The van der Waals surface area contributed by atoms with E-state index in [4.69, 9.17) is 0 Å². The second kappa shape index (κ2) is 9.26. The van der Waals surface area contributed by atoms with Gasteiger partial charge in [0, 0.05) is 0 Å². The smallest absolute Gasteiger partial charge is 0.227 e. The van der Waals surface area contributed by atoms with Gasteiger partial charge in [0.25, 0.3) is 5.49 Å². The second-order valence-electron chi connectivity index (χ2n) is 13.1. The van der Waals surface area contributed by atoms with Crippen molar-refractivity contribution in [3.05, 3.63) is 126 Å². The van der Waals surface area contributed by atoms with Crippen LogP contribution in [0.25, 0.3) is 32.3 Å². The molecule has 8 heterocycles. The molecule has 0 aliphatic carbocycles. The summed E-state index contributed by atoms with van der Waals surface area (Å²) < 4.78 is 250. The van der Waals surface area contributed by atoms with Crippen molar-refractivity contribution in [2.75, 3.05) is 0 Å². The zero-order valence-electron chi connectivity index (χ0n) is 26.2. The molecule has 0 saturated carbocycles. The van der Waals surface area contributed by atoms with Crippen LogP contribution < -0.4 is 22.0 Å². The maximum Gasteiger partial charge on any atom is 0.373 e. The highest BCUT2D eigenvalue weighted by Crippen LogP contribution is 2.53. The largest absolute Gasteiger partial charge is 0.373 e. The van der Waals surface area contributed by atoms with E-state index in [9.17, 15) is 0 Å². The van der Waals surface area contributed by atoms with Gasteiger partial charge < -0.3 is 0 Å². The number of rotatable bonds is 0. The molecule has 0 amide bonds. The van der Waals surface area contributed by atoms with E-state index in [-0.39, 0.29) is 0 Å². The Labute approximate surface area is 296 Å². The lowest BCUT2D eigenvalue weighted by Gasteiger charge is -2.43. The summed E-state index contributed by atoms with van der Waals surface area (Å²) in [6, 6.07) is 0. The van der Waals surface area contributed by atoms with Gasteiger partial charge in [-0.05, 0) is 4.99 Å². The number of halogens is 16. The lowest BCUT2D eigenvalue weighted by atomic mass is 10.0. The maximum absolute atomic E-state index is 16.0. The quantitative estimate of drug-likeness (QED) is 0.0817. The zero-order valence-corrected chi connectivity index (χ0v) is 26.2. The molecule has 284 valence electrons. The van der Waals surface area contributed by atoms with Crippen LogP contribution in [0.2, 0.25) is 0 Å². The normalized spacial score (nSPS) is 18.9. The Hall–Kier alpha value is -6.75. The first-order valence-electron chi connectivity index (χ1n) is 15.6. The number of hydrogen-bond donors (Lipinski definition) is 0. The Morgan fingerprint density at radius 2 is 0.719 bits per heavy atom. The van der Waals surface area contributed by atoms with Crippen LogP contribution in [0.15, 0.2) is 20.0 Å². The molecule has 0 saturated heterocycles. The van der Waals surface area contributed by atoms with E-state index in [1.165, 1.54) is 0 Å². The maximum atomic E-state index is 16.0. The molecular weight excluding hydrogens is 812 g/mol. The predicted molar refractivity (Wildman–Crippen MR) is 151 cm³/mol. The summed E-state index contributed by atoms with van der Waals surface area (Å²) in [4.78, 5) is 16.0. The topological polar surface area (TPSA) is 67.2 Å². The van der Waals surface area contributed by atoms with Gasteiger partial charge in [0.1, 0.15) is 5.56 Å². The van der Waals surface area contributed by atoms with Crippen molar-refractivity contribution in [1.29, 1.82) is 0 Å². The Balaban J connectivity index is 1.51. The van der Waals surface area contributed by atoms with Gasteiger partial charge in [0.05, 0.1) is 37.9 Å². The number of benzene rings is 4. The van der Waals surface area contributed by atoms with Crippen LogP contribution in [0.5, 0.6) is 0 Å². The minimum atomic E-state index is -3.31. The van der Waals surface area contributed by atoms with Gasteiger partial charge in [0.15, 0.2) is 121 Å². The third kappa shape index (κ3) is 2.94. The van der Waals surface area contributed by atoms with Crippen LogP contribution in [0.4, 0.5) is 81.9 Å². The molecule has 2 atom stereocenters. The monoisotopic (exact) mass is 813 g/mol. The van der Waals surface area contributed by atoms with Crippen molar-refractivity contribution < 1.29 is 74.8 Å². The zero-order chi connectivity index (χ0) is 40.1. The summed E-state index contributed by atoms with van der Waals surface area (Å²) in [5.41, 5.74) is -7.63. The average molecular weight is 813 g/mol. The standard InChI is InChI=1S/C33HF16N8/c34-9-1-2(10(35)18(43)17(9)42)26-51-28-5-6(14(39)22(47)21(46)13(5)38)30-53-32-8-7(15(40)23(48)24(49)16(8)41)31-52-29-4-3(11(36)19(44)20(45)12(4)37)27-50-25(1)54(26)33(55(27)29,56(28)30)57(31)32/h25H/q+1. The molecule has 0 fully saturated rings. The summed E-state index contributed by atoms with van der Waals surface area (Å²) in [6.07, 6.45) is -2.52. The number of aromatic nitrogens is 3. The molecule has 24 heteroatoms. The fraction of sp³-hybridized carbons (Fsp3) is 0.0606. The van der Waals surface area contributed by atoms with Gasteiger partial charge >= 0.3 is 11.7 Å². The van der Waals surface area contributed by atoms with E-state index in [1.807, 2.05) is 0 Å². The third-order valence-corrected chi connectivity index (χ3v) is 10.8. The lowest BCUT2D eigenvalue weighted by molar-refractivity contribution is -0.694. The van der Waals surface area contributed by atoms with Crippen molar-refractivity contribution in [3.63, 3.8) is 0 Å². The number of fused-ring (bicyclic) bond motifs is 12. The molecule has 57 heavy (non-hydrogen) atoms. The van der Waals surface area contributed by atoms with Crippen molar-refractivity contribution in [1.82, 2.24) is 13.7 Å². The van der Waals surface area contributed by atoms with Gasteiger partial charge in [-0.2, -0.15) is 4.58 Å². The van der Waals surface area contributed by atoms with Gasteiger partial charge in [0.2, 0.25) is 6.17 Å². The van der Waals surface area contributed by atoms with Gasteiger partial charge in [-0.25, -0.2) is 98.9 Å². The van der Waals surface area contributed by atoms with E-state index in [1.54, 1.807) is 0 Å². The fourth-order valence-electron chi connectivity index (χ4n) is 8.68.